The van der Waals surface area contributed by atoms with Gasteiger partial charge in [-0.05, 0) is 54.7 Å². The van der Waals surface area contributed by atoms with Crippen LogP contribution in [0.2, 0.25) is 0 Å². The van der Waals surface area contributed by atoms with Crippen LogP contribution in [0.5, 0.6) is 0 Å². The fourth-order valence-electron chi connectivity index (χ4n) is 2.88. The molecule has 0 saturated carbocycles. The fourth-order valence-corrected chi connectivity index (χ4v) is 2.88. The molecule has 0 fully saturated rings. The molecule has 0 amide bonds. The normalized spacial score (nSPS) is 11.4. The van der Waals surface area contributed by atoms with Crippen LogP contribution in [0.3, 0.4) is 0 Å². The molecule has 0 heterocycles. The SMILES string of the molecule is Cc1ccc(CCc2ccccc2)cc1Nc1ccccc1C(F)(F)F. The Hall–Kier alpha value is -2.75. The number of hydrogen-bond acceptors (Lipinski definition) is 1. The summed E-state index contributed by atoms with van der Waals surface area (Å²) < 4.78 is 39.6. The van der Waals surface area contributed by atoms with Gasteiger partial charge in [-0.15, -0.1) is 0 Å². The van der Waals surface area contributed by atoms with Gasteiger partial charge in [-0.3, -0.25) is 0 Å². The van der Waals surface area contributed by atoms with E-state index in [0.717, 1.165) is 30.0 Å². The third kappa shape index (κ3) is 4.45. The van der Waals surface area contributed by atoms with Crippen molar-refractivity contribution in [3.63, 3.8) is 0 Å². The van der Waals surface area contributed by atoms with Crippen molar-refractivity contribution < 1.29 is 13.2 Å². The Kier molecular flexibility index (Phi) is 5.31. The lowest BCUT2D eigenvalue weighted by molar-refractivity contribution is -0.136. The molecule has 0 spiro atoms. The van der Waals surface area contributed by atoms with Crippen molar-refractivity contribution in [2.75, 3.05) is 5.32 Å². The highest BCUT2D eigenvalue weighted by Crippen LogP contribution is 2.36. The molecule has 0 aliphatic rings. The zero-order valence-corrected chi connectivity index (χ0v) is 14.5. The van der Waals surface area contributed by atoms with E-state index < -0.39 is 11.7 Å². The van der Waals surface area contributed by atoms with Gasteiger partial charge >= 0.3 is 6.18 Å². The number of alkyl halides is 3. The van der Waals surface area contributed by atoms with E-state index >= 15 is 0 Å². The quantitative estimate of drug-likeness (QED) is 0.548. The fraction of sp³-hybridized carbons (Fsp3) is 0.182. The van der Waals surface area contributed by atoms with Crippen LogP contribution in [0.1, 0.15) is 22.3 Å². The van der Waals surface area contributed by atoms with Crippen LogP contribution in [0, 0.1) is 6.92 Å². The molecule has 0 bridgehead atoms. The lowest BCUT2D eigenvalue weighted by atomic mass is 10.0. The van der Waals surface area contributed by atoms with Gasteiger partial charge in [0.1, 0.15) is 0 Å². The average Bonchev–Trinajstić information content (AvgIpc) is 2.63. The second-order valence-electron chi connectivity index (χ2n) is 6.30. The standard InChI is InChI=1S/C22H20F3N/c1-16-11-12-18(14-13-17-7-3-2-4-8-17)15-21(16)26-20-10-6-5-9-19(20)22(23,24)25/h2-12,15,26H,13-14H2,1H3. The smallest absolute Gasteiger partial charge is 0.355 e. The molecule has 3 aromatic rings. The van der Waals surface area contributed by atoms with Crippen molar-refractivity contribution >= 4 is 11.4 Å². The number of nitrogens with one attached hydrogen (secondary N) is 1. The van der Waals surface area contributed by atoms with Crippen molar-refractivity contribution in [3.8, 4) is 0 Å². The first kappa shape index (κ1) is 18.1. The number of anilines is 2. The highest BCUT2D eigenvalue weighted by Gasteiger charge is 2.33. The molecule has 0 aromatic heterocycles. The van der Waals surface area contributed by atoms with Gasteiger partial charge in [0.05, 0.1) is 11.3 Å². The van der Waals surface area contributed by atoms with Crippen LogP contribution in [0.25, 0.3) is 0 Å². The van der Waals surface area contributed by atoms with E-state index in [-0.39, 0.29) is 5.69 Å². The number of aryl methyl sites for hydroxylation is 3. The minimum absolute atomic E-state index is 0.0725. The first-order valence-corrected chi connectivity index (χ1v) is 8.50. The first-order chi connectivity index (χ1) is 12.4. The highest BCUT2D eigenvalue weighted by molar-refractivity contribution is 5.67. The van der Waals surface area contributed by atoms with Gasteiger partial charge in [0.2, 0.25) is 0 Å². The molecule has 0 aliphatic carbocycles. The molecule has 1 nitrogen and oxygen atoms in total. The summed E-state index contributed by atoms with van der Waals surface area (Å²) in [6.07, 6.45) is -2.66. The number of halogens is 3. The Bertz CT molecular complexity index is 870. The number of rotatable bonds is 5. The minimum atomic E-state index is -4.39. The summed E-state index contributed by atoms with van der Waals surface area (Å²) in [4.78, 5) is 0. The lowest BCUT2D eigenvalue weighted by Crippen LogP contribution is -2.09. The van der Waals surface area contributed by atoms with Gasteiger partial charge in [0.25, 0.3) is 0 Å². The summed E-state index contributed by atoms with van der Waals surface area (Å²) in [6.45, 7) is 1.89. The van der Waals surface area contributed by atoms with Crippen LogP contribution < -0.4 is 5.32 Å². The van der Waals surface area contributed by atoms with E-state index in [2.05, 4.69) is 17.4 Å². The maximum Gasteiger partial charge on any atom is 0.418 e. The second kappa shape index (κ2) is 7.65. The maximum atomic E-state index is 13.2. The molecule has 134 valence electrons. The van der Waals surface area contributed by atoms with Crippen LogP contribution in [-0.4, -0.2) is 0 Å². The molecule has 0 atom stereocenters. The molecule has 4 heteroatoms. The number of para-hydroxylation sites is 1. The van der Waals surface area contributed by atoms with E-state index in [0.29, 0.717) is 5.69 Å². The predicted molar refractivity (Wildman–Crippen MR) is 99.8 cm³/mol. The summed E-state index contributed by atoms with van der Waals surface area (Å²) in [6, 6.07) is 21.6. The molecule has 0 radical (unpaired) electrons. The second-order valence-corrected chi connectivity index (χ2v) is 6.30. The zero-order chi connectivity index (χ0) is 18.6. The summed E-state index contributed by atoms with van der Waals surface area (Å²) >= 11 is 0. The van der Waals surface area contributed by atoms with E-state index in [1.54, 1.807) is 6.07 Å². The highest BCUT2D eigenvalue weighted by atomic mass is 19.4. The molecule has 0 saturated heterocycles. The van der Waals surface area contributed by atoms with Gasteiger partial charge in [0.15, 0.2) is 0 Å². The van der Waals surface area contributed by atoms with Crippen molar-refractivity contribution in [2.24, 2.45) is 0 Å². The van der Waals surface area contributed by atoms with E-state index in [1.165, 1.54) is 17.7 Å². The van der Waals surface area contributed by atoms with Crippen molar-refractivity contribution in [1.82, 2.24) is 0 Å². The first-order valence-electron chi connectivity index (χ1n) is 8.50. The largest absolute Gasteiger partial charge is 0.418 e. The molecule has 0 unspecified atom stereocenters. The summed E-state index contributed by atoms with van der Waals surface area (Å²) in [7, 11) is 0. The summed E-state index contributed by atoms with van der Waals surface area (Å²) in [5.41, 5.74) is 3.35. The van der Waals surface area contributed by atoms with E-state index in [1.807, 2.05) is 43.3 Å². The topological polar surface area (TPSA) is 12.0 Å². The number of hydrogen-bond donors (Lipinski definition) is 1. The van der Waals surface area contributed by atoms with E-state index in [4.69, 9.17) is 0 Å². The zero-order valence-electron chi connectivity index (χ0n) is 14.5. The van der Waals surface area contributed by atoms with Crippen LogP contribution in [-0.2, 0) is 19.0 Å². The minimum Gasteiger partial charge on any atom is -0.355 e. The van der Waals surface area contributed by atoms with Crippen molar-refractivity contribution in [2.45, 2.75) is 25.9 Å². The van der Waals surface area contributed by atoms with E-state index in [9.17, 15) is 13.2 Å². The maximum absolute atomic E-state index is 13.2. The Balaban J connectivity index is 1.81. The number of benzene rings is 3. The van der Waals surface area contributed by atoms with Crippen LogP contribution in [0.15, 0.2) is 72.8 Å². The molecule has 3 rings (SSSR count). The monoisotopic (exact) mass is 355 g/mol. The third-order valence-electron chi connectivity index (χ3n) is 4.35. The van der Waals surface area contributed by atoms with Gasteiger partial charge in [0, 0.05) is 5.69 Å². The van der Waals surface area contributed by atoms with Gasteiger partial charge < -0.3 is 5.32 Å². The van der Waals surface area contributed by atoms with Crippen molar-refractivity contribution in [3.05, 3.63) is 95.1 Å². The Morgan fingerprint density at radius 2 is 1.38 bits per heavy atom. The molecular formula is C22H20F3N. The molecule has 0 aliphatic heterocycles. The predicted octanol–water partition coefficient (Wildman–Crippen LogP) is 6.54. The Morgan fingerprint density at radius 3 is 2.12 bits per heavy atom. The van der Waals surface area contributed by atoms with Crippen molar-refractivity contribution in [1.29, 1.82) is 0 Å². The Labute approximate surface area is 151 Å². The molecule has 26 heavy (non-hydrogen) atoms. The van der Waals surface area contributed by atoms with Crippen LogP contribution in [0.4, 0.5) is 24.5 Å². The van der Waals surface area contributed by atoms with Gasteiger partial charge in [-0.2, -0.15) is 13.2 Å². The Morgan fingerprint density at radius 1 is 0.731 bits per heavy atom. The third-order valence-corrected chi connectivity index (χ3v) is 4.35. The van der Waals surface area contributed by atoms with Crippen LogP contribution >= 0.6 is 0 Å². The molecule has 3 aromatic carbocycles. The van der Waals surface area contributed by atoms with Gasteiger partial charge in [-0.1, -0.05) is 54.6 Å². The summed E-state index contributed by atoms with van der Waals surface area (Å²) in [5.74, 6) is 0. The molecular weight excluding hydrogens is 335 g/mol. The van der Waals surface area contributed by atoms with Gasteiger partial charge in [-0.25, -0.2) is 0 Å². The lowest BCUT2D eigenvalue weighted by Gasteiger charge is -2.16. The average molecular weight is 355 g/mol. The molecule has 1 N–H and O–H groups in total. The summed E-state index contributed by atoms with van der Waals surface area (Å²) in [5, 5.41) is 2.97.